The number of rotatable bonds is 1. The third kappa shape index (κ3) is 0.968. The maximum absolute atomic E-state index is 9.16. The zero-order chi connectivity index (χ0) is 7.83. The van der Waals surface area contributed by atoms with Crippen LogP contribution in [0.1, 0.15) is 40.0 Å². The SMILES string of the molecule is CC1(C)CCCC1(C)CO. The predicted molar refractivity (Wildman–Crippen MR) is 42.8 cm³/mol. The van der Waals surface area contributed by atoms with E-state index in [4.69, 9.17) is 5.11 Å². The number of aliphatic hydroxyl groups is 1. The quantitative estimate of drug-likeness (QED) is 0.595. The van der Waals surface area contributed by atoms with Crippen molar-refractivity contribution in [1.29, 1.82) is 0 Å². The van der Waals surface area contributed by atoms with E-state index in [-0.39, 0.29) is 5.41 Å². The molecule has 0 heterocycles. The molecule has 1 heteroatoms. The summed E-state index contributed by atoms with van der Waals surface area (Å²) in [7, 11) is 0. The minimum Gasteiger partial charge on any atom is -0.396 e. The van der Waals surface area contributed by atoms with Gasteiger partial charge in [-0.1, -0.05) is 27.2 Å². The van der Waals surface area contributed by atoms with Crippen LogP contribution in [0.2, 0.25) is 0 Å². The summed E-state index contributed by atoms with van der Waals surface area (Å²) < 4.78 is 0. The van der Waals surface area contributed by atoms with Crippen molar-refractivity contribution in [3.63, 3.8) is 0 Å². The first-order valence-corrected chi connectivity index (χ1v) is 4.13. The molecule has 0 radical (unpaired) electrons. The second-order valence-electron chi connectivity index (χ2n) is 4.46. The van der Waals surface area contributed by atoms with Crippen molar-refractivity contribution >= 4 is 0 Å². The maximum atomic E-state index is 9.16. The van der Waals surface area contributed by atoms with Gasteiger partial charge in [-0.15, -0.1) is 0 Å². The molecule has 0 amide bonds. The van der Waals surface area contributed by atoms with Gasteiger partial charge in [0.25, 0.3) is 0 Å². The van der Waals surface area contributed by atoms with Gasteiger partial charge >= 0.3 is 0 Å². The van der Waals surface area contributed by atoms with E-state index in [1.807, 2.05) is 0 Å². The van der Waals surface area contributed by atoms with Crippen molar-refractivity contribution in [1.82, 2.24) is 0 Å². The highest BCUT2D eigenvalue weighted by Gasteiger charge is 2.44. The molecule has 0 aromatic heterocycles. The van der Waals surface area contributed by atoms with E-state index in [2.05, 4.69) is 20.8 Å². The zero-order valence-corrected chi connectivity index (χ0v) is 7.28. The van der Waals surface area contributed by atoms with Crippen molar-refractivity contribution in [2.45, 2.75) is 40.0 Å². The van der Waals surface area contributed by atoms with Gasteiger partial charge in [0, 0.05) is 6.61 Å². The standard InChI is InChI=1S/C9H18O/c1-8(2)5-4-6-9(8,3)7-10/h10H,4-7H2,1-3H3. The van der Waals surface area contributed by atoms with Crippen LogP contribution in [-0.2, 0) is 0 Å². The Kier molecular flexibility index (Phi) is 1.80. The van der Waals surface area contributed by atoms with Gasteiger partial charge in [0.15, 0.2) is 0 Å². The molecule has 1 N–H and O–H groups in total. The number of hydrogen-bond donors (Lipinski definition) is 1. The lowest BCUT2D eigenvalue weighted by Gasteiger charge is -2.36. The molecule has 10 heavy (non-hydrogen) atoms. The van der Waals surface area contributed by atoms with Crippen LogP contribution in [0, 0.1) is 10.8 Å². The van der Waals surface area contributed by atoms with E-state index in [1.54, 1.807) is 0 Å². The Morgan fingerprint density at radius 2 is 1.80 bits per heavy atom. The molecule has 0 aromatic carbocycles. The second kappa shape index (κ2) is 2.23. The zero-order valence-electron chi connectivity index (χ0n) is 7.28. The van der Waals surface area contributed by atoms with Crippen molar-refractivity contribution in [2.24, 2.45) is 10.8 Å². The average molecular weight is 142 g/mol. The summed E-state index contributed by atoms with van der Waals surface area (Å²) in [4.78, 5) is 0. The maximum Gasteiger partial charge on any atom is 0.0489 e. The summed E-state index contributed by atoms with van der Waals surface area (Å²) in [5.74, 6) is 0. The van der Waals surface area contributed by atoms with Crippen LogP contribution in [0.5, 0.6) is 0 Å². The van der Waals surface area contributed by atoms with Gasteiger partial charge in [-0.05, 0) is 23.7 Å². The predicted octanol–water partition coefficient (Wildman–Crippen LogP) is 2.20. The van der Waals surface area contributed by atoms with Crippen molar-refractivity contribution < 1.29 is 5.11 Å². The summed E-state index contributed by atoms with van der Waals surface area (Å²) in [5, 5.41) is 9.16. The van der Waals surface area contributed by atoms with E-state index >= 15 is 0 Å². The molecule has 0 aliphatic heterocycles. The molecule has 1 rings (SSSR count). The number of aliphatic hydroxyl groups excluding tert-OH is 1. The van der Waals surface area contributed by atoms with Crippen LogP contribution >= 0.6 is 0 Å². The Balaban J connectivity index is 2.76. The Morgan fingerprint density at radius 3 is 2.00 bits per heavy atom. The fraction of sp³-hybridized carbons (Fsp3) is 1.00. The highest BCUT2D eigenvalue weighted by Crippen LogP contribution is 2.51. The number of hydrogen-bond acceptors (Lipinski definition) is 1. The molecule has 1 aliphatic rings. The first-order valence-electron chi connectivity index (χ1n) is 4.13. The van der Waals surface area contributed by atoms with Crippen LogP contribution in [-0.4, -0.2) is 11.7 Å². The van der Waals surface area contributed by atoms with E-state index < -0.39 is 0 Å². The minimum absolute atomic E-state index is 0.188. The Hall–Kier alpha value is -0.0400. The van der Waals surface area contributed by atoms with Gasteiger partial charge in [-0.2, -0.15) is 0 Å². The van der Waals surface area contributed by atoms with Crippen LogP contribution in [0.3, 0.4) is 0 Å². The van der Waals surface area contributed by atoms with Gasteiger partial charge < -0.3 is 5.11 Å². The molecule has 1 nitrogen and oxygen atoms in total. The molecule has 0 aromatic rings. The molecule has 0 spiro atoms. The summed E-state index contributed by atoms with van der Waals surface area (Å²) in [6, 6.07) is 0. The van der Waals surface area contributed by atoms with Crippen LogP contribution in [0.4, 0.5) is 0 Å². The molecule has 1 unspecified atom stereocenters. The molecule has 0 saturated heterocycles. The van der Waals surface area contributed by atoms with Crippen LogP contribution in [0.25, 0.3) is 0 Å². The molecule has 1 atom stereocenters. The van der Waals surface area contributed by atoms with Gasteiger partial charge in [0.1, 0.15) is 0 Å². The molecule has 60 valence electrons. The largest absolute Gasteiger partial charge is 0.396 e. The highest BCUT2D eigenvalue weighted by atomic mass is 16.3. The fourth-order valence-electron chi connectivity index (χ4n) is 1.85. The molecule has 1 aliphatic carbocycles. The third-order valence-electron chi connectivity index (χ3n) is 3.51. The van der Waals surface area contributed by atoms with E-state index in [0.717, 1.165) is 0 Å². The summed E-state index contributed by atoms with van der Waals surface area (Å²) in [6.07, 6.45) is 3.74. The molecule has 0 bridgehead atoms. The van der Waals surface area contributed by atoms with Crippen molar-refractivity contribution in [3.05, 3.63) is 0 Å². The molecule has 1 fully saturated rings. The van der Waals surface area contributed by atoms with Gasteiger partial charge in [-0.3, -0.25) is 0 Å². The summed E-state index contributed by atoms with van der Waals surface area (Å²) >= 11 is 0. The molecular formula is C9H18O. The van der Waals surface area contributed by atoms with Gasteiger partial charge in [0.2, 0.25) is 0 Å². The molecule has 1 saturated carbocycles. The first kappa shape index (κ1) is 8.06. The van der Waals surface area contributed by atoms with Crippen LogP contribution < -0.4 is 0 Å². The third-order valence-corrected chi connectivity index (χ3v) is 3.51. The smallest absolute Gasteiger partial charge is 0.0489 e. The van der Waals surface area contributed by atoms with Crippen molar-refractivity contribution in [2.75, 3.05) is 6.61 Å². The van der Waals surface area contributed by atoms with Gasteiger partial charge in [-0.25, -0.2) is 0 Å². The highest BCUT2D eigenvalue weighted by molar-refractivity contribution is 4.94. The lowest BCUT2D eigenvalue weighted by atomic mass is 9.70. The summed E-state index contributed by atoms with van der Waals surface area (Å²) in [5.41, 5.74) is 0.536. The van der Waals surface area contributed by atoms with Gasteiger partial charge in [0.05, 0.1) is 0 Å². The van der Waals surface area contributed by atoms with Crippen molar-refractivity contribution in [3.8, 4) is 0 Å². The Morgan fingerprint density at radius 1 is 1.20 bits per heavy atom. The van der Waals surface area contributed by atoms with E-state index in [9.17, 15) is 0 Å². The fourth-order valence-corrected chi connectivity index (χ4v) is 1.85. The average Bonchev–Trinajstić information content (AvgIpc) is 2.10. The Bertz CT molecular complexity index is 129. The Labute approximate surface area is 63.4 Å². The van der Waals surface area contributed by atoms with Crippen LogP contribution in [0.15, 0.2) is 0 Å². The minimum atomic E-state index is 0.188. The first-order chi connectivity index (χ1) is 4.52. The lowest BCUT2D eigenvalue weighted by Crippen LogP contribution is -2.32. The van der Waals surface area contributed by atoms with E-state index in [0.29, 0.717) is 12.0 Å². The second-order valence-corrected chi connectivity index (χ2v) is 4.46. The topological polar surface area (TPSA) is 20.2 Å². The molecular weight excluding hydrogens is 124 g/mol. The monoisotopic (exact) mass is 142 g/mol. The lowest BCUT2D eigenvalue weighted by molar-refractivity contribution is 0.0497. The van der Waals surface area contributed by atoms with E-state index in [1.165, 1.54) is 19.3 Å². The summed E-state index contributed by atoms with van der Waals surface area (Å²) in [6.45, 7) is 7.06. The normalized spacial score (nSPS) is 38.4.